The number of rotatable bonds is 7. The number of carbonyl (C=O) groups is 2. The van der Waals surface area contributed by atoms with E-state index in [1.807, 2.05) is 85.8 Å². The maximum atomic E-state index is 13.6. The predicted octanol–water partition coefficient (Wildman–Crippen LogP) is 6.11. The van der Waals surface area contributed by atoms with Gasteiger partial charge in [-0.05, 0) is 66.9 Å². The third-order valence-corrected chi connectivity index (χ3v) is 7.65. The van der Waals surface area contributed by atoms with Crippen molar-refractivity contribution in [2.24, 2.45) is 4.99 Å². The molecule has 2 N–H and O–H groups in total. The van der Waals surface area contributed by atoms with Gasteiger partial charge in [0.25, 0.3) is 5.91 Å². The van der Waals surface area contributed by atoms with Gasteiger partial charge in [-0.15, -0.1) is 0 Å². The number of nitrogens with zero attached hydrogens (tertiary/aromatic N) is 2. The molecule has 0 radical (unpaired) electrons. The number of amides is 2. The van der Waals surface area contributed by atoms with Gasteiger partial charge in [0.2, 0.25) is 5.91 Å². The molecule has 8 heteroatoms. The maximum absolute atomic E-state index is 13.6. The second kappa shape index (κ2) is 12.0. The van der Waals surface area contributed by atoms with Crippen molar-refractivity contribution in [2.45, 2.75) is 19.4 Å². The standard InChI is InChI=1S/C31H30N4O3S/c1-21-28(30(37)34-25-14-16-26(38-2)17-15-25)29(35-19-6-20-39-31(35)32-21)23-10-12-24(13-11-23)33-27(36)18-9-22-7-4-3-5-8-22/h3-5,7-18,29H,6,19-20H2,1-2H3,(H,33,36)(H,34,37)/b18-9+. The molecule has 0 spiro atoms. The zero-order chi connectivity index (χ0) is 27.2. The average Bonchev–Trinajstić information content (AvgIpc) is 2.97. The van der Waals surface area contributed by atoms with Gasteiger partial charge in [0.15, 0.2) is 5.17 Å². The van der Waals surface area contributed by atoms with Crippen molar-refractivity contribution in [1.29, 1.82) is 0 Å². The van der Waals surface area contributed by atoms with Gasteiger partial charge in [-0.25, -0.2) is 4.99 Å². The van der Waals surface area contributed by atoms with E-state index >= 15 is 0 Å². The number of ether oxygens (including phenoxy) is 1. The monoisotopic (exact) mass is 538 g/mol. The van der Waals surface area contributed by atoms with Crippen LogP contribution in [-0.2, 0) is 9.59 Å². The number of methoxy groups -OCH3 is 1. The smallest absolute Gasteiger partial charge is 0.255 e. The number of anilines is 2. The van der Waals surface area contributed by atoms with Crippen LogP contribution >= 0.6 is 11.8 Å². The first-order valence-corrected chi connectivity index (χ1v) is 13.8. The predicted molar refractivity (Wildman–Crippen MR) is 159 cm³/mol. The van der Waals surface area contributed by atoms with Gasteiger partial charge >= 0.3 is 0 Å². The minimum absolute atomic E-state index is 0.190. The Labute approximate surface area is 232 Å². The Morgan fingerprint density at radius 3 is 2.38 bits per heavy atom. The topological polar surface area (TPSA) is 83.0 Å². The van der Waals surface area contributed by atoms with Gasteiger partial charge in [-0.2, -0.15) is 0 Å². The number of amidine groups is 1. The van der Waals surface area contributed by atoms with Gasteiger partial charge in [0, 0.05) is 29.7 Å². The number of allylic oxidation sites excluding steroid dienone is 1. The van der Waals surface area contributed by atoms with Crippen LogP contribution in [0.3, 0.4) is 0 Å². The summed E-state index contributed by atoms with van der Waals surface area (Å²) in [5.74, 6) is 1.33. The Morgan fingerprint density at radius 2 is 1.67 bits per heavy atom. The number of benzene rings is 3. The lowest BCUT2D eigenvalue weighted by atomic mass is 9.93. The van der Waals surface area contributed by atoms with E-state index in [2.05, 4.69) is 15.5 Å². The van der Waals surface area contributed by atoms with Crippen LogP contribution in [0.4, 0.5) is 11.4 Å². The summed E-state index contributed by atoms with van der Waals surface area (Å²) >= 11 is 1.72. The molecule has 7 nitrogen and oxygen atoms in total. The lowest BCUT2D eigenvalue weighted by Crippen LogP contribution is -2.43. The van der Waals surface area contributed by atoms with Crippen molar-refractivity contribution in [3.8, 4) is 5.75 Å². The number of fused-ring (bicyclic) bond motifs is 1. The highest BCUT2D eigenvalue weighted by molar-refractivity contribution is 8.13. The number of hydrogen-bond acceptors (Lipinski definition) is 6. The average molecular weight is 539 g/mol. The molecule has 3 aromatic rings. The molecular weight excluding hydrogens is 508 g/mol. The van der Waals surface area contributed by atoms with Crippen molar-refractivity contribution in [3.63, 3.8) is 0 Å². The van der Waals surface area contributed by atoms with E-state index in [4.69, 9.17) is 9.73 Å². The van der Waals surface area contributed by atoms with E-state index in [9.17, 15) is 9.59 Å². The molecule has 0 bridgehead atoms. The molecule has 2 heterocycles. The minimum atomic E-state index is -0.286. The zero-order valence-electron chi connectivity index (χ0n) is 21.9. The summed E-state index contributed by atoms with van der Waals surface area (Å²) in [5.41, 5.74) is 4.60. The van der Waals surface area contributed by atoms with Gasteiger partial charge in [-0.3, -0.25) is 9.59 Å². The molecule has 1 saturated heterocycles. The van der Waals surface area contributed by atoms with Gasteiger partial charge in [0.05, 0.1) is 24.4 Å². The Kier molecular flexibility index (Phi) is 8.13. The SMILES string of the molecule is COc1ccc(NC(=O)C2=C(C)N=C3SCCCN3C2c2ccc(NC(=O)/C=C/c3ccccc3)cc2)cc1. The summed E-state index contributed by atoms with van der Waals surface area (Å²) in [6.45, 7) is 2.70. The van der Waals surface area contributed by atoms with E-state index in [1.54, 1.807) is 24.9 Å². The Balaban J connectivity index is 1.37. The van der Waals surface area contributed by atoms with Crippen LogP contribution in [0.25, 0.3) is 6.08 Å². The van der Waals surface area contributed by atoms with Crippen molar-refractivity contribution in [3.05, 3.63) is 107 Å². The van der Waals surface area contributed by atoms with Crippen LogP contribution in [-0.4, -0.2) is 41.3 Å². The highest BCUT2D eigenvalue weighted by Gasteiger charge is 2.37. The van der Waals surface area contributed by atoms with E-state index in [0.717, 1.165) is 40.8 Å². The number of carbonyl (C=O) groups excluding carboxylic acids is 2. The van der Waals surface area contributed by atoms with Crippen LogP contribution in [0.15, 0.2) is 101 Å². The van der Waals surface area contributed by atoms with Crippen LogP contribution in [0.2, 0.25) is 0 Å². The van der Waals surface area contributed by atoms with Crippen molar-refractivity contribution < 1.29 is 14.3 Å². The summed E-state index contributed by atoms with van der Waals surface area (Å²) in [6.07, 6.45) is 4.31. The van der Waals surface area contributed by atoms with Gasteiger partial charge in [-0.1, -0.05) is 54.2 Å². The molecule has 39 heavy (non-hydrogen) atoms. The van der Waals surface area contributed by atoms with Crippen molar-refractivity contribution in [2.75, 3.05) is 30.0 Å². The molecule has 0 saturated carbocycles. The molecule has 5 rings (SSSR count). The maximum Gasteiger partial charge on any atom is 0.255 e. The molecule has 2 aliphatic heterocycles. The largest absolute Gasteiger partial charge is 0.497 e. The highest BCUT2D eigenvalue weighted by Crippen LogP contribution is 2.40. The fourth-order valence-corrected chi connectivity index (χ4v) is 5.67. The first-order chi connectivity index (χ1) is 19.0. The van der Waals surface area contributed by atoms with E-state index in [1.165, 1.54) is 6.08 Å². The molecule has 2 amide bonds. The lowest BCUT2D eigenvalue weighted by molar-refractivity contribution is -0.113. The minimum Gasteiger partial charge on any atom is -0.497 e. The lowest BCUT2D eigenvalue weighted by Gasteiger charge is -2.40. The van der Waals surface area contributed by atoms with Gasteiger partial charge in [0.1, 0.15) is 5.75 Å². The van der Waals surface area contributed by atoms with E-state index in [-0.39, 0.29) is 17.9 Å². The third-order valence-electron chi connectivity index (χ3n) is 6.57. The summed E-state index contributed by atoms with van der Waals surface area (Å²) < 4.78 is 5.23. The molecule has 198 valence electrons. The summed E-state index contributed by atoms with van der Waals surface area (Å²) in [4.78, 5) is 33.1. The molecule has 1 unspecified atom stereocenters. The Bertz CT molecular complexity index is 1430. The number of nitrogens with one attached hydrogen (secondary N) is 2. The molecule has 0 aromatic heterocycles. The van der Waals surface area contributed by atoms with Crippen LogP contribution in [0, 0.1) is 0 Å². The second-order valence-electron chi connectivity index (χ2n) is 9.23. The third kappa shape index (κ3) is 6.23. The quantitative estimate of drug-likeness (QED) is 0.355. The second-order valence-corrected chi connectivity index (χ2v) is 10.3. The molecule has 2 aliphatic rings. The van der Waals surface area contributed by atoms with Crippen LogP contribution < -0.4 is 15.4 Å². The number of aliphatic imine (C=N–C) groups is 1. The fourth-order valence-electron chi connectivity index (χ4n) is 4.65. The molecular formula is C31H30N4O3S. The van der Waals surface area contributed by atoms with Crippen molar-refractivity contribution >= 4 is 46.2 Å². The van der Waals surface area contributed by atoms with Crippen LogP contribution in [0.5, 0.6) is 5.75 Å². The number of hydrogen-bond donors (Lipinski definition) is 2. The molecule has 0 aliphatic carbocycles. The van der Waals surface area contributed by atoms with E-state index in [0.29, 0.717) is 22.6 Å². The molecule has 1 fully saturated rings. The first-order valence-electron chi connectivity index (χ1n) is 12.8. The van der Waals surface area contributed by atoms with Crippen LogP contribution in [0.1, 0.15) is 30.5 Å². The zero-order valence-corrected chi connectivity index (χ0v) is 22.7. The summed E-state index contributed by atoms with van der Waals surface area (Å²) in [7, 11) is 1.61. The number of thioether (sulfide) groups is 1. The molecule has 3 aromatic carbocycles. The van der Waals surface area contributed by atoms with Crippen molar-refractivity contribution in [1.82, 2.24) is 4.90 Å². The summed E-state index contributed by atoms with van der Waals surface area (Å²) in [6, 6.07) is 24.4. The Hall–Kier alpha value is -4.30. The Morgan fingerprint density at radius 1 is 0.974 bits per heavy atom. The molecule has 1 atom stereocenters. The van der Waals surface area contributed by atoms with Gasteiger partial charge < -0.3 is 20.3 Å². The highest BCUT2D eigenvalue weighted by atomic mass is 32.2. The normalized spacial score (nSPS) is 16.9. The fraction of sp³-hybridized carbons (Fsp3) is 0.194. The van der Waals surface area contributed by atoms with E-state index < -0.39 is 0 Å². The first kappa shape index (κ1) is 26.3. The summed E-state index contributed by atoms with van der Waals surface area (Å²) in [5, 5.41) is 6.89.